The number of rotatable bonds is 1. The highest BCUT2D eigenvalue weighted by Gasteiger charge is 2.40. The van der Waals surface area contributed by atoms with Crippen LogP contribution in [0.2, 0.25) is 0 Å². The minimum absolute atomic E-state index is 0.0369. The van der Waals surface area contributed by atoms with Crippen molar-refractivity contribution in [1.82, 2.24) is 5.32 Å². The molecule has 96 valence electrons. The van der Waals surface area contributed by atoms with Gasteiger partial charge in [-0.1, -0.05) is 19.1 Å². The van der Waals surface area contributed by atoms with E-state index in [1.807, 2.05) is 6.92 Å². The van der Waals surface area contributed by atoms with E-state index in [1.165, 1.54) is 6.07 Å². The molecule has 2 heterocycles. The third kappa shape index (κ3) is 1.64. The van der Waals surface area contributed by atoms with Crippen molar-refractivity contribution in [3.05, 3.63) is 35.8 Å². The van der Waals surface area contributed by atoms with Gasteiger partial charge in [-0.25, -0.2) is 4.39 Å². The summed E-state index contributed by atoms with van der Waals surface area (Å²) in [6.07, 6.45) is 0.579. The van der Waals surface area contributed by atoms with Crippen molar-refractivity contribution in [2.24, 2.45) is 5.92 Å². The van der Waals surface area contributed by atoms with Crippen LogP contribution >= 0.6 is 0 Å². The van der Waals surface area contributed by atoms with Gasteiger partial charge in [0, 0.05) is 17.8 Å². The van der Waals surface area contributed by atoms with Crippen LogP contribution in [0.15, 0.2) is 28.7 Å². The van der Waals surface area contributed by atoms with Gasteiger partial charge in [-0.05, 0) is 25.1 Å². The summed E-state index contributed by atoms with van der Waals surface area (Å²) in [5.74, 6) is 0.121. The molecule has 2 atom stereocenters. The van der Waals surface area contributed by atoms with Crippen molar-refractivity contribution in [2.75, 3.05) is 13.1 Å². The molecule has 2 N–H and O–H groups in total. The van der Waals surface area contributed by atoms with E-state index >= 15 is 0 Å². The lowest BCUT2D eigenvalue weighted by Crippen LogP contribution is -2.46. The summed E-state index contributed by atoms with van der Waals surface area (Å²) in [5, 5.41) is 14.7. The van der Waals surface area contributed by atoms with E-state index in [9.17, 15) is 9.50 Å². The molecule has 2 unspecified atom stereocenters. The van der Waals surface area contributed by atoms with Gasteiger partial charge in [0.1, 0.15) is 11.4 Å². The molecule has 0 bridgehead atoms. The average molecular weight is 249 g/mol. The maximum absolute atomic E-state index is 13.6. The second-order valence-corrected chi connectivity index (χ2v) is 5.05. The van der Waals surface area contributed by atoms with Gasteiger partial charge >= 0.3 is 0 Å². The van der Waals surface area contributed by atoms with Crippen molar-refractivity contribution >= 4 is 11.0 Å². The molecular weight excluding hydrogens is 233 g/mol. The minimum atomic E-state index is -1.00. The Labute approximate surface area is 105 Å². The lowest BCUT2D eigenvalue weighted by atomic mass is 9.81. The number of hydrogen-bond acceptors (Lipinski definition) is 3. The normalized spacial score (nSPS) is 28.7. The fourth-order valence-electron chi connectivity index (χ4n) is 2.62. The van der Waals surface area contributed by atoms with Gasteiger partial charge in [-0.3, -0.25) is 0 Å². The summed E-state index contributed by atoms with van der Waals surface area (Å²) in [6.45, 7) is 3.44. The molecule has 1 aromatic heterocycles. The molecule has 1 aromatic carbocycles. The van der Waals surface area contributed by atoms with Crippen LogP contribution in [0, 0.1) is 11.7 Å². The Morgan fingerprint density at radius 1 is 1.50 bits per heavy atom. The quantitative estimate of drug-likeness (QED) is 0.815. The molecule has 0 amide bonds. The van der Waals surface area contributed by atoms with Crippen molar-refractivity contribution in [2.45, 2.75) is 18.9 Å². The second kappa shape index (κ2) is 4.07. The summed E-state index contributed by atoms with van der Waals surface area (Å²) in [5.41, 5.74) is -0.775. The summed E-state index contributed by atoms with van der Waals surface area (Å²) in [6, 6.07) is 6.55. The number of nitrogens with one attached hydrogen (secondary N) is 1. The number of halogens is 1. The van der Waals surface area contributed by atoms with Crippen LogP contribution in [0.1, 0.15) is 19.1 Å². The largest absolute Gasteiger partial charge is 0.455 e. The Balaban J connectivity index is 2.11. The second-order valence-electron chi connectivity index (χ2n) is 5.05. The summed E-state index contributed by atoms with van der Waals surface area (Å²) in [4.78, 5) is 0. The molecule has 1 aliphatic heterocycles. The summed E-state index contributed by atoms with van der Waals surface area (Å²) >= 11 is 0. The van der Waals surface area contributed by atoms with Crippen LogP contribution in [-0.2, 0) is 5.60 Å². The number of hydrogen-bond donors (Lipinski definition) is 2. The molecule has 0 saturated carbocycles. The van der Waals surface area contributed by atoms with Crippen LogP contribution in [0.25, 0.3) is 11.0 Å². The molecular formula is C14H16FNO2. The van der Waals surface area contributed by atoms with Gasteiger partial charge in [-0.2, -0.15) is 0 Å². The van der Waals surface area contributed by atoms with Crippen molar-refractivity contribution in [3.8, 4) is 0 Å². The number of fused-ring (bicyclic) bond motifs is 1. The molecule has 0 radical (unpaired) electrons. The zero-order valence-electron chi connectivity index (χ0n) is 10.2. The van der Waals surface area contributed by atoms with E-state index in [-0.39, 0.29) is 17.3 Å². The maximum atomic E-state index is 13.6. The van der Waals surface area contributed by atoms with E-state index in [0.717, 1.165) is 13.1 Å². The molecule has 1 saturated heterocycles. The highest BCUT2D eigenvalue weighted by Crippen LogP contribution is 2.38. The predicted octanol–water partition coefficient (Wildman–Crippen LogP) is 2.39. The number of piperidine rings is 1. The standard InChI is InChI=1S/C14H16FNO2/c1-9-8-16-6-5-14(9,17)12-7-10-3-2-4-11(15)13(10)18-12/h2-4,7,9,16-17H,5-6,8H2,1H3. The number of furan rings is 1. The van der Waals surface area contributed by atoms with Crippen LogP contribution in [0.5, 0.6) is 0 Å². The van der Waals surface area contributed by atoms with E-state index in [4.69, 9.17) is 4.42 Å². The monoisotopic (exact) mass is 249 g/mol. The highest BCUT2D eigenvalue weighted by atomic mass is 19.1. The zero-order valence-corrected chi connectivity index (χ0v) is 10.2. The van der Waals surface area contributed by atoms with Crippen LogP contribution in [0.3, 0.4) is 0 Å². The van der Waals surface area contributed by atoms with E-state index < -0.39 is 5.60 Å². The highest BCUT2D eigenvalue weighted by molar-refractivity contribution is 5.78. The molecule has 3 rings (SSSR count). The molecule has 1 fully saturated rings. The van der Waals surface area contributed by atoms with Gasteiger partial charge < -0.3 is 14.8 Å². The molecule has 0 spiro atoms. The van der Waals surface area contributed by atoms with E-state index in [2.05, 4.69) is 5.32 Å². The topological polar surface area (TPSA) is 45.4 Å². The fraction of sp³-hybridized carbons (Fsp3) is 0.429. The van der Waals surface area contributed by atoms with Crippen molar-refractivity contribution in [3.63, 3.8) is 0 Å². The maximum Gasteiger partial charge on any atom is 0.170 e. The Morgan fingerprint density at radius 2 is 2.33 bits per heavy atom. The van der Waals surface area contributed by atoms with Gasteiger partial charge in [0.25, 0.3) is 0 Å². The minimum Gasteiger partial charge on any atom is -0.455 e. The molecule has 4 heteroatoms. The third-order valence-electron chi connectivity index (χ3n) is 3.87. The van der Waals surface area contributed by atoms with Crippen molar-refractivity contribution < 1.29 is 13.9 Å². The molecule has 3 nitrogen and oxygen atoms in total. The van der Waals surface area contributed by atoms with Crippen LogP contribution in [0.4, 0.5) is 4.39 Å². The Bertz CT molecular complexity index is 580. The Hall–Kier alpha value is -1.39. The van der Waals surface area contributed by atoms with Crippen molar-refractivity contribution in [1.29, 1.82) is 0 Å². The first-order valence-electron chi connectivity index (χ1n) is 6.23. The van der Waals surface area contributed by atoms with Gasteiger partial charge in [0.15, 0.2) is 11.4 Å². The molecule has 2 aromatic rings. The Kier molecular flexibility index (Phi) is 2.64. The average Bonchev–Trinajstić information content (AvgIpc) is 2.79. The van der Waals surface area contributed by atoms with Crippen LogP contribution < -0.4 is 5.32 Å². The van der Waals surface area contributed by atoms with Gasteiger partial charge in [-0.15, -0.1) is 0 Å². The van der Waals surface area contributed by atoms with E-state index in [0.29, 0.717) is 17.6 Å². The summed E-state index contributed by atoms with van der Waals surface area (Å²) < 4.78 is 19.2. The third-order valence-corrected chi connectivity index (χ3v) is 3.87. The molecule has 0 aliphatic carbocycles. The number of para-hydroxylation sites is 1. The SMILES string of the molecule is CC1CNCCC1(O)c1cc2cccc(F)c2o1. The van der Waals surface area contributed by atoms with Crippen LogP contribution in [-0.4, -0.2) is 18.2 Å². The first kappa shape index (κ1) is 11.7. The summed E-state index contributed by atoms with van der Waals surface area (Å²) in [7, 11) is 0. The Morgan fingerprint density at radius 3 is 3.06 bits per heavy atom. The number of aliphatic hydroxyl groups is 1. The van der Waals surface area contributed by atoms with Gasteiger partial charge in [0.05, 0.1) is 0 Å². The fourth-order valence-corrected chi connectivity index (χ4v) is 2.62. The molecule has 1 aliphatic rings. The lowest BCUT2D eigenvalue weighted by molar-refractivity contribution is -0.0554. The smallest absolute Gasteiger partial charge is 0.170 e. The molecule has 18 heavy (non-hydrogen) atoms. The first-order chi connectivity index (χ1) is 8.61. The lowest BCUT2D eigenvalue weighted by Gasteiger charge is -2.36. The first-order valence-corrected chi connectivity index (χ1v) is 6.23. The zero-order chi connectivity index (χ0) is 12.8. The predicted molar refractivity (Wildman–Crippen MR) is 66.7 cm³/mol. The number of benzene rings is 1. The van der Waals surface area contributed by atoms with E-state index in [1.54, 1.807) is 18.2 Å². The van der Waals surface area contributed by atoms with Gasteiger partial charge in [0.2, 0.25) is 0 Å².